The molecule has 2 amide bonds. The Labute approximate surface area is 135 Å². The highest BCUT2D eigenvalue weighted by atomic mass is 16.2. The van der Waals surface area contributed by atoms with Crippen molar-refractivity contribution >= 4 is 17.6 Å². The van der Waals surface area contributed by atoms with Crippen LogP contribution in [0.2, 0.25) is 0 Å². The fraction of sp³-hybridized carbons (Fsp3) is 0.562. The number of pyridine rings is 1. The van der Waals surface area contributed by atoms with Crippen LogP contribution in [-0.4, -0.2) is 60.5 Å². The summed E-state index contributed by atoms with van der Waals surface area (Å²) in [4.78, 5) is 32.2. The zero-order valence-electron chi connectivity index (χ0n) is 13.4. The number of piperazine rings is 1. The molecule has 124 valence electrons. The first kappa shape index (κ1) is 15.7. The second-order valence-electron chi connectivity index (χ2n) is 6.41. The molecule has 0 bridgehead atoms. The van der Waals surface area contributed by atoms with Crippen molar-refractivity contribution in [2.75, 3.05) is 38.1 Å². The minimum Gasteiger partial charge on any atom is -0.365 e. The number of hydrogen-bond donors (Lipinski definition) is 2. The van der Waals surface area contributed by atoms with E-state index in [0.717, 1.165) is 32.5 Å². The number of primary amides is 1. The van der Waals surface area contributed by atoms with Gasteiger partial charge in [-0.05, 0) is 32.0 Å². The highest BCUT2D eigenvalue weighted by Gasteiger charge is 2.41. The van der Waals surface area contributed by atoms with E-state index in [9.17, 15) is 9.59 Å². The molecule has 2 aliphatic heterocycles. The van der Waals surface area contributed by atoms with Crippen molar-refractivity contribution in [2.45, 2.75) is 24.8 Å². The van der Waals surface area contributed by atoms with Crippen LogP contribution >= 0.6 is 0 Å². The maximum absolute atomic E-state index is 11.7. The standard InChI is InChI=1S/C16H23N5O2/c1-20-9-10-21(15-12(14(17)23)3-2-7-19-15)11-16(20)5-4-13(22)18-8-6-16/h2-3,7H,4-6,8-11H2,1H3,(H2,17,23)(H,18,22)/t16-/m1/s1. The van der Waals surface area contributed by atoms with Gasteiger partial charge in [0.25, 0.3) is 5.91 Å². The number of aromatic nitrogens is 1. The molecule has 0 aliphatic carbocycles. The Morgan fingerprint density at radius 3 is 3.00 bits per heavy atom. The molecule has 3 rings (SSSR count). The summed E-state index contributed by atoms with van der Waals surface area (Å²) < 4.78 is 0. The number of carbonyl (C=O) groups excluding carboxylic acids is 2. The Kier molecular flexibility index (Phi) is 4.21. The van der Waals surface area contributed by atoms with Gasteiger partial charge in [0.15, 0.2) is 0 Å². The van der Waals surface area contributed by atoms with Gasteiger partial charge in [-0.2, -0.15) is 0 Å². The minimum atomic E-state index is -0.459. The SMILES string of the molecule is CN1CCN(c2ncccc2C(N)=O)C[C@@]12CCNC(=O)CC2. The molecule has 0 radical (unpaired) electrons. The lowest BCUT2D eigenvalue weighted by atomic mass is 9.86. The predicted octanol–water partition coefficient (Wildman–Crippen LogP) is -0.0288. The van der Waals surface area contributed by atoms with Crippen LogP contribution in [0, 0.1) is 0 Å². The second kappa shape index (κ2) is 6.16. The number of carbonyl (C=O) groups is 2. The van der Waals surface area contributed by atoms with E-state index >= 15 is 0 Å². The Morgan fingerprint density at radius 1 is 1.39 bits per heavy atom. The molecule has 3 N–H and O–H groups in total. The van der Waals surface area contributed by atoms with E-state index in [1.165, 1.54) is 0 Å². The highest BCUT2D eigenvalue weighted by Crippen LogP contribution is 2.32. The van der Waals surface area contributed by atoms with Crippen molar-refractivity contribution in [1.29, 1.82) is 0 Å². The minimum absolute atomic E-state index is 0.0795. The zero-order valence-corrected chi connectivity index (χ0v) is 13.4. The topological polar surface area (TPSA) is 91.6 Å². The van der Waals surface area contributed by atoms with Gasteiger partial charge in [-0.3, -0.25) is 14.5 Å². The third-order valence-electron chi connectivity index (χ3n) is 5.08. The fourth-order valence-corrected chi connectivity index (χ4v) is 3.62. The van der Waals surface area contributed by atoms with E-state index < -0.39 is 5.91 Å². The average Bonchev–Trinajstić information content (AvgIpc) is 2.73. The molecule has 2 aliphatic rings. The van der Waals surface area contributed by atoms with Gasteiger partial charge in [0.1, 0.15) is 5.82 Å². The molecule has 23 heavy (non-hydrogen) atoms. The molecule has 1 aromatic rings. The zero-order chi connectivity index (χ0) is 16.4. The van der Waals surface area contributed by atoms with E-state index in [1.807, 2.05) is 0 Å². The summed E-state index contributed by atoms with van der Waals surface area (Å²) in [5.74, 6) is 0.304. The van der Waals surface area contributed by atoms with Crippen LogP contribution in [0.1, 0.15) is 29.6 Å². The third-order valence-corrected chi connectivity index (χ3v) is 5.08. The Morgan fingerprint density at radius 2 is 2.22 bits per heavy atom. The number of nitrogens with two attached hydrogens (primary N) is 1. The highest BCUT2D eigenvalue weighted by molar-refractivity contribution is 5.97. The molecule has 2 fully saturated rings. The van der Waals surface area contributed by atoms with Gasteiger partial charge in [0, 0.05) is 44.3 Å². The maximum atomic E-state index is 11.7. The third kappa shape index (κ3) is 3.01. The number of nitrogens with zero attached hydrogens (tertiary/aromatic N) is 3. The van der Waals surface area contributed by atoms with Crippen LogP contribution in [0.4, 0.5) is 5.82 Å². The molecule has 1 atom stereocenters. The van der Waals surface area contributed by atoms with Gasteiger partial charge in [-0.15, -0.1) is 0 Å². The van der Waals surface area contributed by atoms with E-state index in [1.54, 1.807) is 18.3 Å². The summed E-state index contributed by atoms with van der Waals surface area (Å²) in [5.41, 5.74) is 5.87. The molecule has 1 aromatic heterocycles. The van der Waals surface area contributed by atoms with Crippen LogP contribution in [0.5, 0.6) is 0 Å². The summed E-state index contributed by atoms with van der Waals surface area (Å²) in [6, 6.07) is 3.44. The quantitative estimate of drug-likeness (QED) is 0.799. The lowest BCUT2D eigenvalue weighted by molar-refractivity contribution is -0.120. The summed E-state index contributed by atoms with van der Waals surface area (Å²) in [7, 11) is 2.11. The van der Waals surface area contributed by atoms with Gasteiger partial charge >= 0.3 is 0 Å². The first-order valence-corrected chi connectivity index (χ1v) is 7.99. The van der Waals surface area contributed by atoms with Crippen molar-refractivity contribution in [3.05, 3.63) is 23.9 Å². The molecule has 2 saturated heterocycles. The van der Waals surface area contributed by atoms with Crippen molar-refractivity contribution < 1.29 is 9.59 Å². The first-order valence-electron chi connectivity index (χ1n) is 7.99. The summed E-state index contributed by atoms with van der Waals surface area (Å²) >= 11 is 0. The summed E-state index contributed by atoms with van der Waals surface area (Å²) in [5, 5.41) is 2.95. The predicted molar refractivity (Wildman–Crippen MR) is 87.2 cm³/mol. The maximum Gasteiger partial charge on any atom is 0.252 e. The van der Waals surface area contributed by atoms with Gasteiger partial charge in [-0.25, -0.2) is 4.98 Å². The molecule has 7 heteroatoms. The molecule has 0 saturated carbocycles. The molecule has 7 nitrogen and oxygen atoms in total. The Balaban J connectivity index is 1.89. The van der Waals surface area contributed by atoms with Crippen molar-refractivity contribution in [2.24, 2.45) is 5.73 Å². The molecule has 0 unspecified atom stereocenters. The van der Waals surface area contributed by atoms with E-state index in [0.29, 0.717) is 24.3 Å². The summed E-state index contributed by atoms with van der Waals surface area (Å²) in [6.45, 7) is 3.08. The Bertz CT molecular complexity index is 620. The van der Waals surface area contributed by atoms with Crippen molar-refractivity contribution in [3.8, 4) is 0 Å². The largest absolute Gasteiger partial charge is 0.365 e. The number of nitrogens with one attached hydrogen (secondary N) is 1. The molecular weight excluding hydrogens is 294 g/mol. The lowest BCUT2D eigenvalue weighted by Gasteiger charge is -2.49. The van der Waals surface area contributed by atoms with Crippen molar-refractivity contribution in [3.63, 3.8) is 0 Å². The van der Waals surface area contributed by atoms with E-state index in [2.05, 4.69) is 27.1 Å². The van der Waals surface area contributed by atoms with Gasteiger partial charge < -0.3 is 16.0 Å². The fourth-order valence-electron chi connectivity index (χ4n) is 3.62. The molecule has 3 heterocycles. The van der Waals surface area contributed by atoms with E-state index in [-0.39, 0.29) is 11.4 Å². The van der Waals surface area contributed by atoms with Gasteiger partial charge in [-0.1, -0.05) is 0 Å². The van der Waals surface area contributed by atoms with Crippen molar-refractivity contribution in [1.82, 2.24) is 15.2 Å². The summed E-state index contributed by atoms with van der Waals surface area (Å²) in [6.07, 6.45) is 3.92. The van der Waals surface area contributed by atoms with Crippen LogP contribution in [0.25, 0.3) is 0 Å². The number of amides is 2. The van der Waals surface area contributed by atoms with Gasteiger partial charge in [0.05, 0.1) is 5.56 Å². The number of hydrogen-bond acceptors (Lipinski definition) is 5. The smallest absolute Gasteiger partial charge is 0.252 e. The molecule has 1 spiro atoms. The molecular formula is C16H23N5O2. The molecule has 0 aromatic carbocycles. The lowest BCUT2D eigenvalue weighted by Crippen LogP contribution is -2.61. The average molecular weight is 317 g/mol. The van der Waals surface area contributed by atoms with Gasteiger partial charge in [0.2, 0.25) is 5.91 Å². The second-order valence-corrected chi connectivity index (χ2v) is 6.41. The van der Waals surface area contributed by atoms with Crippen LogP contribution in [0.3, 0.4) is 0 Å². The number of anilines is 1. The van der Waals surface area contributed by atoms with Crippen LogP contribution in [-0.2, 0) is 4.79 Å². The first-order chi connectivity index (χ1) is 11.0. The number of likely N-dealkylation sites (N-methyl/N-ethyl adjacent to an activating group) is 1. The monoisotopic (exact) mass is 317 g/mol. The Hall–Kier alpha value is -2.15. The number of rotatable bonds is 2. The van der Waals surface area contributed by atoms with Crippen LogP contribution < -0.4 is 16.0 Å². The van der Waals surface area contributed by atoms with Crippen LogP contribution in [0.15, 0.2) is 18.3 Å². The normalized spacial score (nSPS) is 26.0. The van der Waals surface area contributed by atoms with E-state index in [4.69, 9.17) is 5.73 Å².